The van der Waals surface area contributed by atoms with E-state index in [0.29, 0.717) is 16.8 Å². The van der Waals surface area contributed by atoms with Crippen LogP contribution in [0.25, 0.3) is 0 Å². The highest BCUT2D eigenvalue weighted by Crippen LogP contribution is 2.29. The Morgan fingerprint density at radius 3 is 2.85 bits per heavy atom. The van der Waals surface area contributed by atoms with Gasteiger partial charge in [0.25, 0.3) is 5.69 Å². The van der Waals surface area contributed by atoms with Gasteiger partial charge in [-0.1, -0.05) is 6.92 Å². The van der Waals surface area contributed by atoms with Crippen molar-refractivity contribution in [2.24, 2.45) is 5.73 Å². The van der Waals surface area contributed by atoms with Crippen LogP contribution in [0.5, 0.6) is 5.75 Å². The maximum Gasteiger partial charge on any atom is 0.273 e. The average Bonchev–Trinajstić information content (AvgIpc) is 2.39. The van der Waals surface area contributed by atoms with E-state index in [-0.39, 0.29) is 12.3 Å². The molecule has 1 aromatic carbocycles. The topological polar surface area (TPSA) is 107 Å². The number of rotatable bonds is 8. The number of non-ortho nitro benzene ring substituents is 1. The van der Waals surface area contributed by atoms with Gasteiger partial charge in [0, 0.05) is 6.07 Å². The molecule has 7 nitrogen and oxygen atoms in total. The number of amides is 1. The molecule has 3 N–H and O–H groups in total. The highest BCUT2D eigenvalue weighted by Gasteiger charge is 2.17. The summed E-state index contributed by atoms with van der Waals surface area (Å²) in [6, 6.07) is 3.53. The van der Waals surface area contributed by atoms with Crippen LogP contribution in [0.3, 0.4) is 0 Å². The number of primary amides is 1. The van der Waals surface area contributed by atoms with Crippen molar-refractivity contribution in [3.63, 3.8) is 0 Å². The van der Waals surface area contributed by atoms with Crippen LogP contribution in [0.4, 0.5) is 5.69 Å². The van der Waals surface area contributed by atoms with Crippen LogP contribution >= 0.6 is 15.9 Å². The van der Waals surface area contributed by atoms with Crippen molar-refractivity contribution in [2.45, 2.75) is 19.4 Å². The summed E-state index contributed by atoms with van der Waals surface area (Å²) < 4.78 is 6.00. The first-order chi connectivity index (χ1) is 9.45. The number of nitro groups is 1. The number of nitrogens with one attached hydrogen (secondary N) is 1. The minimum atomic E-state index is -0.638. The number of hydrogen-bond donors (Lipinski definition) is 2. The van der Waals surface area contributed by atoms with Crippen LogP contribution in [-0.4, -0.2) is 30.0 Å². The summed E-state index contributed by atoms with van der Waals surface area (Å²) >= 11 is 3.24. The smallest absolute Gasteiger partial charge is 0.273 e. The number of nitrogens with two attached hydrogens (primary N) is 1. The van der Waals surface area contributed by atoms with Crippen LogP contribution in [0.2, 0.25) is 0 Å². The van der Waals surface area contributed by atoms with Gasteiger partial charge in [0.2, 0.25) is 5.91 Å². The number of hydrogen-bond acceptors (Lipinski definition) is 5. The minimum absolute atomic E-state index is 0.00903. The zero-order valence-electron chi connectivity index (χ0n) is 11.0. The largest absolute Gasteiger partial charge is 0.490 e. The van der Waals surface area contributed by atoms with Crippen molar-refractivity contribution in [1.82, 2.24) is 5.32 Å². The summed E-state index contributed by atoms with van der Waals surface area (Å²) in [7, 11) is 0. The SMILES string of the molecule is CCCNC(COc1cc([N+](=O)[O-])ccc1Br)C(N)=O. The van der Waals surface area contributed by atoms with E-state index < -0.39 is 16.9 Å². The highest BCUT2D eigenvalue weighted by atomic mass is 79.9. The Balaban J connectivity index is 2.74. The van der Waals surface area contributed by atoms with E-state index in [0.717, 1.165) is 6.42 Å². The molecule has 0 bridgehead atoms. The predicted octanol–water partition coefficient (Wildman–Crippen LogP) is 1.59. The molecule has 8 heteroatoms. The van der Waals surface area contributed by atoms with Gasteiger partial charge in [0.15, 0.2) is 0 Å². The molecule has 0 aliphatic rings. The number of ether oxygens (including phenoxy) is 1. The number of benzene rings is 1. The molecule has 0 heterocycles. The van der Waals surface area contributed by atoms with Crippen molar-refractivity contribution in [2.75, 3.05) is 13.2 Å². The van der Waals surface area contributed by atoms with Crippen LogP contribution in [0, 0.1) is 10.1 Å². The van der Waals surface area contributed by atoms with Gasteiger partial charge in [-0.3, -0.25) is 14.9 Å². The first-order valence-corrected chi connectivity index (χ1v) is 6.84. The van der Waals surface area contributed by atoms with E-state index in [1.165, 1.54) is 18.2 Å². The van der Waals surface area contributed by atoms with Gasteiger partial charge in [0.05, 0.1) is 15.5 Å². The minimum Gasteiger partial charge on any atom is -0.490 e. The number of halogens is 1. The normalized spacial score (nSPS) is 11.9. The number of carbonyl (C=O) groups excluding carboxylic acids is 1. The van der Waals surface area contributed by atoms with Gasteiger partial charge < -0.3 is 15.8 Å². The van der Waals surface area contributed by atoms with Crippen molar-refractivity contribution in [3.05, 3.63) is 32.8 Å². The van der Waals surface area contributed by atoms with Crippen LogP contribution in [-0.2, 0) is 4.79 Å². The Morgan fingerprint density at radius 1 is 1.60 bits per heavy atom. The Labute approximate surface area is 124 Å². The molecule has 0 radical (unpaired) electrons. The molecule has 0 saturated carbocycles. The molecule has 0 aliphatic heterocycles. The molecule has 0 aromatic heterocycles. The van der Waals surface area contributed by atoms with Crippen LogP contribution < -0.4 is 15.8 Å². The summed E-state index contributed by atoms with van der Waals surface area (Å²) in [5.74, 6) is -0.233. The molecule has 110 valence electrons. The molecule has 20 heavy (non-hydrogen) atoms. The second kappa shape index (κ2) is 7.81. The summed E-state index contributed by atoms with van der Waals surface area (Å²) in [5, 5.41) is 13.6. The quantitative estimate of drug-likeness (QED) is 0.549. The lowest BCUT2D eigenvalue weighted by Crippen LogP contribution is -2.45. The molecule has 1 amide bonds. The summed E-state index contributed by atoms with van der Waals surface area (Å²) in [6.45, 7) is 2.60. The van der Waals surface area contributed by atoms with E-state index >= 15 is 0 Å². The first kappa shape index (κ1) is 16.4. The number of nitro benzene ring substituents is 1. The summed E-state index contributed by atoms with van der Waals surface area (Å²) in [6.07, 6.45) is 0.851. The second-order valence-electron chi connectivity index (χ2n) is 4.09. The van der Waals surface area contributed by atoms with Gasteiger partial charge in [-0.05, 0) is 35.0 Å². The molecule has 1 aromatic rings. The van der Waals surface area contributed by atoms with Crippen molar-refractivity contribution < 1.29 is 14.5 Å². The lowest BCUT2D eigenvalue weighted by atomic mass is 10.2. The third kappa shape index (κ3) is 4.78. The van der Waals surface area contributed by atoms with Gasteiger partial charge in [-0.25, -0.2) is 0 Å². The molecule has 1 atom stereocenters. The standard InChI is InChI=1S/C12H16BrN3O4/c1-2-5-15-10(12(14)17)7-20-11-6-8(16(18)19)3-4-9(11)13/h3-4,6,10,15H,2,5,7H2,1H3,(H2,14,17). The highest BCUT2D eigenvalue weighted by molar-refractivity contribution is 9.10. The maximum absolute atomic E-state index is 11.2. The molecular formula is C12H16BrN3O4. The monoisotopic (exact) mass is 345 g/mol. The number of carbonyl (C=O) groups is 1. The van der Waals surface area contributed by atoms with E-state index in [1.807, 2.05) is 6.92 Å². The third-order valence-corrected chi connectivity index (χ3v) is 3.17. The van der Waals surface area contributed by atoms with E-state index in [9.17, 15) is 14.9 Å². The first-order valence-electron chi connectivity index (χ1n) is 6.05. The Bertz CT molecular complexity index is 496. The van der Waals surface area contributed by atoms with Gasteiger partial charge in [-0.2, -0.15) is 0 Å². The second-order valence-corrected chi connectivity index (χ2v) is 4.95. The maximum atomic E-state index is 11.2. The van der Waals surface area contributed by atoms with Gasteiger partial charge in [0.1, 0.15) is 18.4 Å². The molecule has 0 spiro atoms. The Morgan fingerprint density at radius 2 is 2.30 bits per heavy atom. The lowest BCUT2D eigenvalue weighted by molar-refractivity contribution is -0.385. The zero-order chi connectivity index (χ0) is 15.1. The van der Waals surface area contributed by atoms with E-state index in [2.05, 4.69) is 21.2 Å². The molecule has 0 saturated heterocycles. The van der Waals surface area contributed by atoms with E-state index in [1.54, 1.807) is 0 Å². The average molecular weight is 346 g/mol. The lowest BCUT2D eigenvalue weighted by Gasteiger charge is -2.16. The third-order valence-electron chi connectivity index (χ3n) is 2.52. The van der Waals surface area contributed by atoms with Crippen molar-refractivity contribution in [1.29, 1.82) is 0 Å². The van der Waals surface area contributed by atoms with Gasteiger partial charge >= 0.3 is 0 Å². The summed E-state index contributed by atoms with van der Waals surface area (Å²) in [4.78, 5) is 21.4. The zero-order valence-corrected chi connectivity index (χ0v) is 12.6. The fourth-order valence-electron chi connectivity index (χ4n) is 1.45. The molecule has 1 unspecified atom stereocenters. The van der Waals surface area contributed by atoms with E-state index in [4.69, 9.17) is 10.5 Å². The summed E-state index contributed by atoms with van der Waals surface area (Å²) in [5.41, 5.74) is 5.17. The van der Waals surface area contributed by atoms with Crippen molar-refractivity contribution in [3.8, 4) is 5.75 Å². The number of nitrogens with zero attached hydrogens (tertiary/aromatic N) is 1. The fourth-order valence-corrected chi connectivity index (χ4v) is 1.81. The Hall–Kier alpha value is -1.67. The molecule has 1 rings (SSSR count). The van der Waals surface area contributed by atoms with Gasteiger partial charge in [-0.15, -0.1) is 0 Å². The predicted molar refractivity (Wildman–Crippen MR) is 77.6 cm³/mol. The molecular weight excluding hydrogens is 330 g/mol. The van der Waals surface area contributed by atoms with Crippen LogP contribution in [0.15, 0.2) is 22.7 Å². The van der Waals surface area contributed by atoms with Crippen LogP contribution in [0.1, 0.15) is 13.3 Å². The molecule has 0 fully saturated rings. The fraction of sp³-hybridized carbons (Fsp3) is 0.417. The Kier molecular flexibility index (Phi) is 6.40. The van der Waals surface area contributed by atoms with Crippen molar-refractivity contribution >= 4 is 27.5 Å². The molecule has 0 aliphatic carbocycles.